The molecule has 0 radical (unpaired) electrons. The maximum absolute atomic E-state index is 3.93. The van der Waals surface area contributed by atoms with Gasteiger partial charge in [0, 0.05) is 11.8 Å². The van der Waals surface area contributed by atoms with Crippen LogP contribution in [-0.4, -0.2) is 24.1 Å². The zero-order chi connectivity index (χ0) is 10.1. The first kappa shape index (κ1) is 13.1. The Morgan fingerprint density at radius 3 is 2.62 bits per heavy atom. The van der Waals surface area contributed by atoms with Crippen molar-refractivity contribution in [1.82, 2.24) is 5.32 Å². The minimum Gasteiger partial charge on any atom is -0.313 e. The minimum atomic E-state index is 0.673. The quantitative estimate of drug-likeness (QED) is 0.606. The Hall–Kier alpha value is 0.0500. The molecule has 0 heterocycles. The molecule has 0 aromatic carbocycles. The van der Waals surface area contributed by atoms with Crippen LogP contribution in [0.1, 0.15) is 33.6 Å². The lowest BCUT2D eigenvalue weighted by Crippen LogP contribution is -2.31. The van der Waals surface area contributed by atoms with E-state index < -0.39 is 0 Å². The molecule has 2 heteroatoms. The lowest BCUT2D eigenvalue weighted by Gasteiger charge is -2.16. The Morgan fingerprint density at radius 2 is 2.15 bits per heavy atom. The molecular weight excluding hydrogens is 178 g/mol. The minimum absolute atomic E-state index is 0.673. The smallest absolute Gasteiger partial charge is 0.0161 e. The summed E-state index contributed by atoms with van der Waals surface area (Å²) in [6.45, 7) is 11.5. The van der Waals surface area contributed by atoms with Crippen molar-refractivity contribution in [2.24, 2.45) is 0 Å². The average Bonchev–Trinajstić information content (AvgIpc) is 2.09. The van der Waals surface area contributed by atoms with E-state index in [9.17, 15) is 0 Å². The van der Waals surface area contributed by atoms with E-state index in [1.54, 1.807) is 0 Å². The number of nitrogens with one attached hydrogen (secondary N) is 1. The van der Waals surface area contributed by atoms with Crippen LogP contribution in [0.4, 0.5) is 0 Å². The molecule has 0 saturated carbocycles. The van der Waals surface area contributed by atoms with E-state index in [0.29, 0.717) is 6.04 Å². The molecule has 0 aromatic heterocycles. The molecule has 0 aliphatic heterocycles. The molecule has 78 valence electrons. The van der Waals surface area contributed by atoms with Gasteiger partial charge >= 0.3 is 0 Å². The van der Waals surface area contributed by atoms with Crippen molar-refractivity contribution in [3.05, 3.63) is 12.2 Å². The molecule has 1 N–H and O–H groups in total. The lowest BCUT2D eigenvalue weighted by atomic mass is 10.1. The zero-order valence-corrected chi connectivity index (χ0v) is 10.0. The van der Waals surface area contributed by atoms with Gasteiger partial charge in [0.25, 0.3) is 0 Å². The molecule has 0 aromatic rings. The summed E-state index contributed by atoms with van der Waals surface area (Å²) in [7, 11) is 0. The number of rotatable bonds is 8. The van der Waals surface area contributed by atoms with Gasteiger partial charge in [-0.05, 0) is 32.1 Å². The predicted molar refractivity (Wildman–Crippen MR) is 64.5 cm³/mol. The van der Waals surface area contributed by atoms with Crippen molar-refractivity contribution in [1.29, 1.82) is 0 Å². The van der Waals surface area contributed by atoms with Crippen molar-refractivity contribution >= 4 is 11.8 Å². The summed E-state index contributed by atoms with van der Waals surface area (Å²) >= 11 is 2.02. The van der Waals surface area contributed by atoms with Crippen molar-refractivity contribution in [3.63, 3.8) is 0 Å². The van der Waals surface area contributed by atoms with E-state index in [1.807, 2.05) is 11.8 Å². The van der Waals surface area contributed by atoms with Crippen molar-refractivity contribution < 1.29 is 0 Å². The molecule has 0 fully saturated rings. The Balaban J connectivity index is 3.59. The van der Waals surface area contributed by atoms with E-state index >= 15 is 0 Å². The van der Waals surface area contributed by atoms with Gasteiger partial charge in [-0.2, -0.15) is 11.8 Å². The van der Waals surface area contributed by atoms with E-state index in [-0.39, 0.29) is 0 Å². The zero-order valence-electron chi connectivity index (χ0n) is 9.23. The van der Waals surface area contributed by atoms with Gasteiger partial charge in [-0.1, -0.05) is 19.4 Å². The third kappa shape index (κ3) is 8.38. The summed E-state index contributed by atoms with van der Waals surface area (Å²) in [5.41, 5.74) is 1.30. The normalized spacial score (nSPS) is 12.8. The van der Waals surface area contributed by atoms with Crippen molar-refractivity contribution in [2.75, 3.05) is 18.1 Å². The molecule has 0 aliphatic carbocycles. The summed E-state index contributed by atoms with van der Waals surface area (Å²) in [6, 6.07) is 0.673. The molecule has 0 rings (SSSR count). The van der Waals surface area contributed by atoms with Gasteiger partial charge in [-0.25, -0.2) is 0 Å². The van der Waals surface area contributed by atoms with E-state index in [2.05, 4.69) is 32.7 Å². The molecule has 0 saturated heterocycles. The summed E-state index contributed by atoms with van der Waals surface area (Å²) < 4.78 is 0. The van der Waals surface area contributed by atoms with Crippen molar-refractivity contribution in [3.8, 4) is 0 Å². The highest BCUT2D eigenvalue weighted by Gasteiger charge is 2.05. The molecule has 0 bridgehead atoms. The second-order valence-corrected chi connectivity index (χ2v) is 4.73. The molecule has 0 aliphatic rings. The Labute approximate surface area is 87.4 Å². The first-order valence-electron chi connectivity index (χ1n) is 5.16. The predicted octanol–water partition coefficient (Wildman–Crippen LogP) is 3.07. The van der Waals surface area contributed by atoms with Gasteiger partial charge in [-0.3, -0.25) is 0 Å². The van der Waals surface area contributed by atoms with Crippen LogP contribution in [0.5, 0.6) is 0 Å². The van der Waals surface area contributed by atoms with Crippen LogP contribution in [0.25, 0.3) is 0 Å². The maximum Gasteiger partial charge on any atom is 0.0161 e. The lowest BCUT2D eigenvalue weighted by molar-refractivity contribution is 0.537. The van der Waals surface area contributed by atoms with Crippen LogP contribution in [0, 0.1) is 0 Å². The second-order valence-electron chi connectivity index (χ2n) is 3.41. The third-order valence-corrected chi connectivity index (χ3v) is 2.98. The highest BCUT2D eigenvalue weighted by atomic mass is 32.2. The number of thioether (sulfide) groups is 1. The van der Waals surface area contributed by atoms with Gasteiger partial charge in [0.15, 0.2) is 0 Å². The fourth-order valence-corrected chi connectivity index (χ4v) is 2.02. The maximum atomic E-state index is 3.93. The third-order valence-electron chi connectivity index (χ3n) is 1.94. The van der Waals surface area contributed by atoms with Gasteiger partial charge in [0.2, 0.25) is 0 Å². The largest absolute Gasteiger partial charge is 0.313 e. The topological polar surface area (TPSA) is 12.0 Å². The molecule has 0 spiro atoms. The monoisotopic (exact) mass is 201 g/mol. The van der Waals surface area contributed by atoms with E-state index in [4.69, 9.17) is 0 Å². The highest BCUT2D eigenvalue weighted by molar-refractivity contribution is 7.99. The van der Waals surface area contributed by atoms with Gasteiger partial charge in [0.1, 0.15) is 0 Å². The molecule has 1 nitrogen and oxygen atoms in total. The molecule has 1 unspecified atom stereocenters. The van der Waals surface area contributed by atoms with E-state index in [0.717, 1.165) is 13.0 Å². The number of allylic oxidation sites excluding steroid dienone is 1. The first-order chi connectivity index (χ1) is 6.20. The SMILES string of the molecule is C=C(C)CCC(CSCC)NCC. The number of hydrogen-bond donors (Lipinski definition) is 1. The molecule has 13 heavy (non-hydrogen) atoms. The highest BCUT2D eigenvalue weighted by Crippen LogP contribution is 2.10. The molecule has 0 amide bonds. The summed E-state index contributed by atoms with van der Waals surface area (Å²) in [4.78, 5) is 0. The first-order valence-corrected chi connectivity index (χ1v) is 6.31. The van der Waals surface area contributed by atoms with Gasteiger partial charge < -0.3 is 5.32 Å². The van der Waals surface area contributed by atoms with E-state index in [1.165, 1.54) is 23.5 Å². The van der Waals surface area contributed by atoms with Crippen LogP contribution < -0.4 is 5.32 Å². The van der Waals surface area contributed by atoms with Crippen LogP contribution in [-0.2, 0) is 0 Å². The van der Waals surface area contributed by atoms with Crippen molar-refractivity contribution in [2.45, 2.75) is 39.7 Å². The Morgan fingerprint density at radius 1 is 1.46 bits per heavy atom. The average molecular weight is 201 g/mol. The second kappa shape index (κ2) is 8.64. The van der Waals surface area contributed by atoms with Gasteiger partial charge in [0.05, 0.1) is 0 Å². The standard InChI is InChI=1S/C11H23NS/c1-5-12-11(9-13-6-2)8-7-10(3)4/h11-12H,3,5-9H2,1-2,4H3. The Bertz CT molecular complexity index is 134. The fraction of sp³-hybridized carbons (Fsp3) is 0.818. The summed E-state index contributed by atoms with van der Waals surface area (Å²) in [5.74, 6) is 2.45. The van der Waals surface area contributed by atoms with Crippen LogP contribution >= 0.6 is 11.8 Å². The molecular formula is C11H23NS. The van der Waals surface area contributed by atoms with Crippen LogP contribution in [0.15, 0.2) is 12.2 Å². The van der Waals surface area contributed by atoms with Crippen LogP contribution in [0.3, 0.4) is 0 Å². The summed E-state index contributed by atoms with van der Waals surface area (Å²) in [5, 5.41) is 3.51. The fourth-order valence-electron chi connectivity index (χ4n) is 1.21. The molecule has 1 atom stereocenters. The Kier molecular flexibility index (Phi) is 8.67. The van der Waals surface area contributed by atoms with Crippen LogP contribution in [0.2, 0.25) is 0 Å². The van der Waals surface area contributed by atoms with Gasteiger partial charge in [-0.15, -0.1) is 6.58 Å². The number of hydrogen-bond acceptors (Lipinski definition) is 2. The summed E-state index contributed by atoms with van der Waals surface area (Å²) in [6.07, 6.45) is 2.39.